The molecule has 34 heavy (non-hydrogen) atoms. The first kappa shape index (κ1) is 24.6. The van der Waals surface area contributed by atoms with E-state index in [-0.39, 0.29) is 27.5 Å². The highest BCUT2D eigenvalue weighted by atomic mass is 32.2. The summed E-state index contributed by atoms with van der Waals surface area (Å²) in [6, 6.07) is 12.6. The highest BCUT2D eigenvalue weighted by molar-refractivity contribution is 7.99. The molecule has 0 radical (unpaired) electrons. The summed E-state index contributed by atoms with van der Waals surface area (Å²) in [6.45, 7) is 5.19. The van der Waals surface area contributed by atoms with Crippen molar-refractivity contribution < 1.29 is 17.6 Å². The maximum atomic E-state index is 13.0. The van der Waals surface area contributed by atoms with Gasteiger partial charge in [0, 0.05) is 24.2 Å². The molecule has 0 spiro atoms. The van der Waals surface area contributed by atoms with Crippen molar-refractivity contribution in [3.05, 3.63) is 59.2 Å². The number of Topliss-reactive ketones (excluding diaryl/α,β-unsaturated/α-hetero) is 1. The molecule has 180 valence electrons. The minimum Gasteiger partial charge on any atom is -0.411 e. The molecular weight excluding hydrogens is 470 g/mol. The molecule has 1 fully saturated rings. The van der Waals surface area contributed by atoms with Crippen molar-refractivity contribution in [2.45, 2.75) is 56.1 Å². The minimum absolute atomic E-state index is 0.0199. The van der Waals surface area contributed by atoms with Gasteiger partial charge in [0.05, 0.1) is 10.6 Å². The Kier molecular flexibility index (Phi) is 7.85. The average Bonchev–Trinajstić information content (AvgIpc) is 3.36. The van der Waals surface area contributed by atoms with Crippen LogP contribution in [0.1, 0.15) is 54.6 Å². The average molecular weight is 500 g/mol. The number of carbonyl (C=O) groups excluding carboxylic acids is 1. The summed E-state index contributed by atoms with van der Waals surface area (Å²) in [4.78, 5) is 13.1. The molecule has 0 bridgehead atoms. The van der Waals surface area contributed by atoms with E-state index in [1.54, 1.807) is 24.3 Å². The molecule has 3 aromatic rings. The lowest BCUT2D eigenvalue weighted by molar-refractivity contribution is 0.102. The number of aryl methyl sites for hydroxylation is 2. The first-order chi connectivity index (χ1) is 16.4. The van der Waals surface area contributed by atoms with E-state index in [1.807, 2.05) is 19.1 Å². The van der Waals surface area contributed by atoms with Crippen molar-refractivity contribution in [3.8, 4) is 11.5 Å². The molecule has 1 saturated heterocycles. The van der Waals surface area contributed by atoms with E-state index in [0.717, 1.165) is 48.8 Å². The zero-order valence-electron chi connectivity index (χ0n) is 19.5. The molecule has 9 heteroatoms. The number of benzene rings is 2. The molecule has 0 saturated carbocycles. The predicted octanol–water partition coefficient (Wildman–Crippen LogP) is 5.01. The van der Waals surface area contributed by atoms with Gasteiger partial charge in [-0.1, -0.05) is 50.2 Å². The molecule has 2 aromatic carbocycles. The minimum atomic E-state index is -3.56. The normalized spacial score (nSPS) is 14.9. The Morgan fingerprint density at radius 1 is 1.03 bits per heavy atom. The van der Waals surface area contributed by atoms with Crippen molar-refractivity contribution in [1.82, 2.24) is 14.5 Å². The van der Waals surface area contributed by atoms with Gasteiger partial charge in [0.1, 0.15) is 0 Å². The first-order valence-corrected chi connectivity index (χ1v) is 14.1. The molecule has 1 aliphatic heterocycles. The largest absolute Gasteiger partial charge is 0.411 e. The Balaban J connectivity index is 1.47. The van der Waals surface area contributed by atoms with Crippen LogP contribution in [0, 0.1) is 0 Å². The zero-order valence-corrected chi connectivity index (χ0v) is 21.1. The maximum absolute atomic E-state index is 13.0. The Hall–Kier alpha value is -2.49. The maximum Gasteiger partial charge on any atom is 0.277 e. The molecule has 0 amide bonds. The summed E-state index contributed by atoms with van der Waals surface area (Å²) >= 11 is 1.19. The molecule has 4 rings (SSSR count). The third-order valence-electron chi connectivity index (χ3n) is 6.03. The summed E-state index contributed by atoms with van der Waals surface area (Å²) in [5.74, 6) is 0.435. The van der Waals surface area contributed by atoms with Crippen LogP contribution in [0.3, 0.4) is 0 Å². The van der Waals surface area contributed by atoms with Gasteiger partial charge >= 0.3 is 0 Å². The molecule has 0 atom stereocenters. The molecular formula is C25H29N3O4S2. The van der Waals surface area contributed by atoms with E-state index in [2.05, 4.69) is 23.2 Å². The van der Waals surface area contributed by atoms with Gasteiger partial charge in [-0.25, -0.2) is 8.42 Å². The van der Waals surface area contributed by atoms with Gasteiger partial charge in [-0.15, -0.1) is 10.2 Å². The quantitative estimate of drug-likeness (QED) is 0.302. The van der Waals surface area contributed by atoms with Crippen molar-refractivity contribution >= 4 is 27.6 Å². The van der Waals surface area contributed by atoms with E-state index >= 15 is 0 Å². The van der Waals surface area contributed by atoms with Gasteiger partial charge in [0.25, 0.3) is 5.22 Å². The lowest BCUT2D eigenvalue weighted by Crippen LogP contribution is -2.35. The molecule has 7 nitrogen and oxygen atoms in total. The topological polar surface area (TPSA) is 93.4 Å². The van der Waals surface area contributed by atoms with E-state index in [0.29, 0.717) is 18.7 Å². The van der Waals surface area contributed by atoms with Crippen LogP contribution in [-0.2, 0) is 22.9 Å². The van der Waals surface area contributed by atoms with Gasteiger partial charge in [-0.2, -0.15) is 4.31 Å². The van der Waals surface area contributed by atoms with Gasteiger partial charge in [0.15, 0.2) is 5.78 Å². The lowest BCUT2D eigenvalue weighted by Gasteiger charge is -2.25. The number of rotatable bonds is 9. The fourth-order valence-electron chi connectivity index (χ4n) is 4.05. The Bertz CT molecular complexity index is 1260. The second-order valence-electron chi connectivity index (χ2n) is 8.28. The van der Waals surface area contributed by atoms with Gasteiger partial charge in [0.2, 0.25) is 15.9 Å². The van der Waals surface area contributed by atoms with Gasteiger partial charge in [-0.05, 0) is 61.1 Å². The van der Waals surface area contributed by atoms with Crippen LogP contribution in [0.2, 0.25) is 0 Å². The summed E-state index contributed by atoms with van der Waals surface area (Å²) < 4.78 is 33.3. The Morgan fingerprint density at radius 2 is 1.82 bits per heavy atom. The fraction of sp³-hybridized carbons (Fsp3) is 0.400. The number of aromatic nitrogens is 2. The second-order valence-corrected chi connectivity index (χ2v) is 11.1. The van der Waals surface area contributed by atoms with Crippen molar-refractivity contribution in [1.29, 1.82) is 0 Å². The Labute approximate surface area is 205 Å². The zero-order chi connectivity index (χ0) is 24.1. The molecule has 0 aliphatic carbocycles. The third kappa shape index (κ3) is 5.42. The van der Waals surface area contributed by atoms with Crippen LogP contribution in [0.4, 0.5) is 0 Å². The molecule has 1 aromatic heterocycles. The predicted molar refractivity (Wildman–Crippen MR) is 133 cm³/mol. The molecule has 0 unspecified atom stereocenters. The van der Waals surface area contributed by atoms with E-state index in [9.17, 15) is 13.2 Å². The SMILES string of the molecule is CCc1ccc(CC)c(C(=O)CSc2nnc(-c3cccc(S(=O)(=O)N4CCCCC4)c3)o2)c1. The number of carbonyl (C=O) groups is 1. The van der Waals surface area contributed by atoms with Crippen molar-refractivity contribution in [3.63, 3.8) is 0 Å². The van der Waals surface area contributed by atoms with Crippen LogP contribution in [0.25, 0.3) is 11.5 Å². The standard InChI is InChI=1S/C25H29N3O4S2/c1-3-18-11-12-19(4-2)22(15-18)23(29)17-33-25-27-26-24(32-25)20-9-8-10-21(16-20)34(30,31)28-13-6-5-7-14-28/h8-12,15-16H,3-7,13-14,17H2,1-2H3. The van der Waals surface area contributed by atoms with Gasteiger partial charge < -0.3 is 4.42 Å². The van der Waals surface area contributed by atoms with Crippen LogP contribution in [0.15, 0.2) is 57.0 Å². The highest BCUT2D eigenvalue weighted by Crippen LogP contribution is 2.28. The van der Waals surface area contributed by atoms with Gasteiger partial charge in [-0.3, -0.25) is 4.79 Å². The summed E-state index contributed by atoms with van der Waals surface area (Å²) in [6.07, 6.45) is 4.48. The van der Waals surface area contributed by atoms with E-state index < -0.39 is 10.0 Å². The molecule has 0 N–H and O–H groups in total. The van der Waals surface area contributed by atoms with E-state index in [1.165, 1.54) is 16.1 Å². The number of hydrogen-bond acceptors (Lipinski definition) is 7. The fourth-order valence-corrected chi connectivity index (χ4v) is 6.26. The van der Waals surface area contributed by atoms with Crippen LogP contribution in [0.5, 0.6) is 0 Å². The van der Waals surface area contributed by atoms with Crippen molar-refractivity contribution in [2.75, 3.05) is 18.8 Å². The smallest absolute Gasteiger partial charge is 0.277 e. The Morgan fingerprint density at radius 3 is 2.56 bits per heavy atom. The summed E-state index contributed by atoms with van der Waals surface area (Å²) in [5, 5.41) is 8.40. The third-order valence-corrected chi connectivity index (χ3v) is 8.74. The van der Waals surface area contributed by atoms with Crippen LogP contribution >= 0.6 is 11.8 Å². The first-order valence-electron chi connectivity index (χ1n) is 11.6. The second kappa shape index (κ2) is 10.8. The van der Waals surface area contributed by atoms with Crippen LogP contribution < -0.4 is 0 Å². The van der Waals surface area contributed by atoms with E-state index in [4.69, 9.17) is 4.42 Å². The number of ketones is 1. The highest BCUT2D eigenvalue weighted by Gasteiger charge is 2.26. The van der Waals surface area contributed by atoms with Crippen molar-refractivity contribution in [2.24, 2.45) is 0 Å². The summed E-state index contributed by atoms with van der Waals surface area (Å²) in [5.41, 5.74) is 3.43. The number of sulfonamides is 1. The molecule has 2 heterocycles. The molecule has 1 aliphatic rings. The lowest BCUT2D eigenvalue weighted by atomic mass is 9.98. The van der Waals surface area contributed by atoms with Crippen LogP contribution in [-0.4, -0.2) is 47.5 Å². The monoisotopic (exact) mass is 499 g/mol. The number of hydrogen-bond donors (Lipinski definition) is 0. The number of nitrogens with zero attached hydrogens (tertiary/aromatic N) is 3. The number of piperidine rings is 1. The number of thioether (sulfide) groups is 1. The summed E-state index contributed by atoms with van der Waals surface area (Å²) in [7, 11) is -3.56.